The highest BCUT2D eigenvalue weighted by atomic mass is 19.1. The van der Waals surface area contributed by atoms with Crippen molar-refractivity contribution in [2.24, 2.45) is 0 Å². The molecule has 2 aromatic rings. The normalized spacial score (nSPS) is 11.7. The SMILES string of the molecule is C[C@H](NC(=O)NCCc1ccc(F)cc1)c1nccc(N)n1. The summed E-state index contributed by atoms with van der Waals surface area (Å²) in [5, 5.41) is 5.46. The van der Waals surface area contributed by atoms with Gasteiger partial charge in [0.1, 0.15) is 11.6 Å². The minimum Gasteiger partial charge on any atom is -0.384 e. The number of carbonyl (C=O) groups is 1. The highest BCUT2D eigenvalue weighted by molar-refractivity contribution is 5.74. The van der Waals surface area contributed by atoms with Gasteiger partial charge in [-0.25, -0.2) is 19.2 Å². The van der Waals surface area contributed by atoms with Gasteiger partial charge in [0, 0.05) is 12.7 Å². The Bertz CT molecular complexity index is 632. The molecule has 0 aliphatic rings. The highest BCUT2D eigenvalue weighted by Crippen LogP contribution is 2.07. The molecule has 7 heteroatoms. The van der Waals surface area contributed by atoms with E-state index < -0.39 is 0 Å². The molecule has 1 heterocycles. The molecular weight excluding hydrogens is 285 g/mol. The summed E-state index contributed by atoms with van der Waals surface area (Å²) in [7, 11) is 0. The van der Waals surface area contributed by atoms with Gasteiger partial charge in [0.05, 0.1) is 6.04 Å². The Labute approximate surface area is 128 Å². The molecule has 0 unspecified atom stereocenters. The van der Waals surface area contributed by atoms with Gasteiger partial charge in [0.25, 0.3) is 0 Å². The first kappa shape index (κ1) is 15.7. The molecule has 4 N–H and O–H groups in total. The van der Waals surface area contributed by atoms with Crippen LogP contribution in [0.5, 0.6) is 0 Å². The largest absolute Gasteiger partial charge is 0.384 e. The number of nitrogens with one attached hydrogen (secondary N) is 2. The van der Waals surface area contributed by atoms with Crippen molar-refractivity contribution in [3.63, 3.8) is 0 Å². The Kier molecular flexibility index (Phi) is 5.24. The number of nitrogens with zero attached hydrogens (tertiary/aromatic N) is 2. The number of carbonyl (C=O) groups excluding carboxylic acids is 1. The fourth-order valence-corrected chi connectivity index (χ4v) is 1.88. The predicted molar refractivity (Wildman–Crippen MR) is 81.5 cm³/mol. The second-order valence-electron chi connectivity index (χ2n) is 4.84. The third kappa shape index (κ3) is 4.69. The molecule has 1 atom stereocenters. The quantitative estimate of drug-likeness (QED) is 0.785. The molecule has 2 amide bonds. The molecule has 0 aliphatic carbocycles. The molecule has 0 spiro atoms. The van der Waals surface area contributed by atoms with E-state index in [1.807, 2.05) is 0 Å². The van der Waals surface area contributed by atoms with E-state index in [4.69, 9.17) is 5.73 Å². The molecule has 0 radical (unpaired) electrons. The van der Waals surface area contributed by atoms with Crippen LogP contribution in [0.4, 0.5) is 15.0 Å². The van der Waals surface area contributed by atoms with Gasteiger partial charge < -0.3 is 16.4 Å². The average molecular weight is 303 g/mol. The number of hydrogen-bond donors (Lipinski definition) is 3. The van der Waals surface area contributed by atoms with E-state index in [0.717, 1.165) is 5.56 Å². The first-order chi connectivity index (χ1) is 10.5. The zero-order chi connectivity index (χ0) is 15.9. The van der Waals surface area contributed by atoms with Crippen LogP contribution in [-0.4, -0.2) is 22.5 Å². The van der Waals surface area contributed by atoms with Crippen LogP contribution >= 0.6 is 0 Å². The van der Waals surface area contributed by atoms with E-state index in [0.29, 0.717) is 24.6 Å². The number of amides is 2. The van der Waals surface area contributed by atoms with Crippen molar-refractivity contribution in [2.75, 3.05) is 12.3 Å². The first-order valence-corrected chi connectivity index (χ1v) is 6.92. The molecule has 0 fully saturated rings. The van der Waals surface area contributed by atoms with Gasteiger partial charge in [-0.2, -0.15) is 0 Å². The number of nitrogens with two attached hydrogens (primary N) is 1. The van der Waals surface area contributed by atoms with Crippen LogP contribution in [0.3, 0.4) is 0 Å². The van der Waals surface area contributed by atoms with E-state index in [-0.39, 0.29) is 17.9 Å². The molecule has 1 aromatic carbocycles. The maximum atomic E-state index is 12.8. The second kappa shape index (κ2) is 7.35. The van der Waals surface area contributed by atoms with Gasteiger partial charge >= 0.3 is 6.03 Å². The van der Waals surface area contributed by atoms with Gasteiger partial charge in [0.2, 0.25) is 0 Å². The molecule has 1 aromatic heterocycles. The van der Waals surface area contributed by atoms with Crippen LogP contribution in [0, 0.1) is 5.82 Å². The Hall–Kier alpha value is -2.70. The van der Waals surface area contributed by atoms with Gasteiger partial charge in [0.15, 0.2) is 5.82 Å². The number of rotatable bonds is 5. The van der Waals surface area contributed by atoms with Gasteiger partial charge in [-0.3, -0.25) is 0 Å². The number of anilines is 1. The van der Waals surface area contributed by atoms with E-state index in [1.165, 1.54) is 12.1 Å². The Morgan fingerprint density at radius 3 is 2.73 bits per heavy atom. The number of benzene rings is 1. The average Bonchev–Trinajstić information content (AvgIpc) is 2.49. The fourth-order valence-electron chi connectivity index (χ4n) is 1.88. The lowest BCUT2D eigenvalue weighted by Gasteiger charge is -2.13. The Morgan fingerprint density at radius 1 is 1.32 bits per heavy atom. The third-order valence-corrected chi connectivity index (χ3v) is 3.04. The summed E-state index contributed by atoms with van der Waals surface area (Å²) >= 11 is 0. The number of aromatic nitrogens is 2. The van der Waals surface area contributed by atoms with Crippen molar-refractivity contribution in [2.45, 2.75) is 19.4 Å². The van der Waals surface area contributed by atoms with Crippen LogP contribution in [0.2, 0.25) is 0 Å². The fraction of sp³-hybridized carbons (Fsp3) is 0.267. The van der Waals surface area contributed by atoms with Crippen LogP contribution in [0.1, 0.15) is 24.4 Å². The minimum atomic E-state index is -0.352. The summed E-state index contributed by atoms with van der Waals surface area (Å²) < 4.78 is 12.8. The lowest BCUT2D eigenvalue weighted by molar-refractivity contribution is 0.237. The van der Waals surface area contributed by atoms with E-state index in [9.17, 15) is 9.18 Å². The molecule has 0 bridgehead atoms. The van der Waals surface area contributed by atoms with Crippen LogP contribution < -0.4 is 16.4 Å². The smallest absolute Gasteiger partial charge is 0.315 e. The lowest BCUT2D eigenvalue weighted by atomic mass is 10.1. The second-order valence-corrected chi connectivity index (χ2v) is 4.84. The summed E-state index contributed by atoms with van der Waals surface area (Å²) in [6.45, 7) is 2.22. The van der Waals surface area contributed by atoms with Crippen molar-refractivity contribution in [3.8, 4) is 0 Å². The molecule has 116 valence electrons. The van der Waals surface area contributed by atoms with Gasteiger partial charge in [-0.15, -0.1) is 0 Å². The molecular formula is C15H18FN5O. The Morgan fingerprint density at radius 2 is 2.05 bits per heavy atom. The lowest BCUT2D eigenvalue weighted by Crippen LogP contribution is -2.38. The summed E-state index contributed by atoms with van der Waals surface area (Å²) in [6, 6.07) is 7.09. The molecule has 2 rings (SSSR count). The Balaban J connectivity index is 1.76. The van der Waals surface area contributed by atoms with Crippen LogP contribution in [-0.2, 0) is 6.42 Å². The number of hydrogen-bond acceptors (Lipinski definition) is 4. The number of halogens is 1. The standard InChI is InChI=1S/C15H18FN5O/c1-10(14-18-9-7-13(17)21-14)20-15(22)19-8-6-11-2-4-12(16)5-3-11/h2-5,7,9-10H,6,8H2,1H3,(H2,17,18,21)(H2,19,20,22)/t10-/m0/s1. The first-order valence-electron chi connectivity index (χ1n) is 6.92. The maximum Gasteiger partial charge on any atom is 0.315 e. The van der Waals surface area contributed by atoms with E-state index >= 15 is 0 Å². The van der Waals surface area contributed by atoms with Crippen molar-refractivity contribution in [3.05, 3.63) is 53.7 Å². The van der Waals surface area contributed by atoms with Crippen LogP contribution in [0.25, 0.3) is 0 Å². The summed E-state index contributed by atoms with van der Waals surface area (Å²) in [4.78, 5) is 19.9. The van der Waals surface area contributed by atoms with Crippen molar-refractivity contribution >= 4 is 11.8 Å². The summed E-state index contributed by atoms with van der Waals surface area (Å²) in [6.07, 6.45) is 2.17. The number of nitrogen functional groups attached to an aromatic ring is 1. The van der Waals surface area contributed by atoms with Crippen molar-refractivity contribution in [1.29, 1.82) is 0 Å². The van der Waals surface area contributed by atoms with Gasteiger partial charge in [-0.1, -0.05) is 12.1 Å². The predicted octanol–water partition coefficient (Wildman–Crippen LogP) is 1.80. The van der Waals surface area contributed by atoms with E-state index in [2.05, 4.69) is 20.6 Å². The zero-order valence-corrected chi connectivity index (χ0v) is 12.2. The van der Waals surface area contributed by atoms with E-state index in [1.54, 1.807) is 31.3 Å². The molecule has 22 heavy (non-hydrogen) atoms. The number of urea groups is 1. The summed E-state index contributed by atoms with van der Waals surface area (Å²) in [5.41, 5.74) is 6.53. The minimum absolute atomic E-state index is 0.273. The summed E-state index contributed by atoms with van der Waals surface area (Å²) in [5.74, 6) is 0.537. The van der Waals surface area contributed by atoms with Crippen molar-refractivity contribution < 1.29 is 9.18 Å². The molecule has 0 aliphatic heterocycles. The maximum absolute atomic E-state index is 12.8. The monoisotopic (exact) mass is 303 g/mol. The van der Waals surface area contributed by atoms with Gasteiger partial charge in [-0.05, 0) is 37.1 Å². The topological polar surface area (TPSA) is 92.9 Å². The van der Waals surface area contributed by atoms with Crippen molar-refractivity contribution in [1.82, 2.24) is 20.6 Å². The molecule has 0 saturated heterocycles. The molecule has 6 nitrogen and oxygen atoms in total. The van der Waals surface area contributed by atoms with Crippen LogP contribution in [0.15, 0.2) is 36.5 Å². The third-order valence-electron chi connectivity index (χ3n) is 3.04. The molecule has 0 saturated carbocycles. The zero-order valence-electron chi connectivity index (χ0n) is 12.2. The highest BCUT2D eigenvalue weighted by Gasteiger charge is 2.11.